The van der Waals surface area contributed by atoms with Crippen LogP contribution < -0.4 is 11.1 Å². The minimum absolute atomic E-state index is 0.0635. The molecule has 0 spiro atoms. The molecule has 0 aromatic rings. The van der Waals surface area contributed by atoms with Gasteiger partial charge in [-0.3, -0.25) is 4.79 Å². The Labute approximate surface area is 154 Å². The SMILES string of the molecule is CCCC[N+](C)(CCCCN(C)CCCN)OCC(=O)NCCS. The molecule has 0 heterocycles. The van der Waals surface area contributed by atoms with Crippen LogP contribution in [0.2, 0.25) is 0 Å². The number of carbonyl (C=O) groups is 1. The van der Waals surface area contributed by atoms with E-state index in [1.807, 2.05) is 0 Å². The number of quaternary nitrogens is 1. The highest BCUT2D eigenvalue weighted by Crippen LogP contribution is 2.10. The minimum atomic E-state index is -0.0635. The van der Waals surface area contributed by atoms with Crippen LogP contribution in [0.1, 0.15) is 39.0 Å². The van der Waals surface area contributed by atoms with Crippen LogP contribution in [0.3, 0.4) is 0 Å². The molecule has 0 rings (SSSR count). The number of nitrogens with one attached hydrogen (secondary N) is 1. The van der Waals surface area contributed by atoms with Crippen molar-refractivity contribution in [3.05, 3.63) is 0 Å². The maximum absolute atomic E-state index is 11.7. The molecule has 0 aliphatic rings. The molecule has 3 N–H and O–H groups in total. The molecular formula is C17H39N4O2S+. The van der Waals surface area contributed by atoms with E-state index < -0.39 is 0 Å². The molecule has 0 radical (unpaired) electrons. The summed E-state index contributed by atoms with van der Waals surface area (Å²) in [6, 6.07) is 0. The van der Waals surface area contributed by atoms with Crippen LogP contribution in [-0.2, 0) is 9.63 Å². The van der Waals surface area contributed by atoms with Crippen molar-refractivity contribution in [3.8, 4) is 0 Å². The Hall–Kier alpha value is -0.340. The molecule has 0 saturated carbocycles. The van der Waals surface area contributed by atoms with Gasteiger partial charge in [-0.25, -0.2) is 0 Å². The standard InChI is InChI=1S/C17H38N4O2S/c1-4-5-13-21(3,23-16-17(22)19-10-15-24)14-7-6-11-20(2)12-8-9-18/h4-16,18H2,1-3H3,(H-,19,22,24)/p+1. The Morgan fingerprint density at radius 3 is 2.50 bits per heavy atom. The summed E-state index contributed by atoms with van der Waals surface area (Å²) < 4.78 is 0.509. The molecule has 1 amide bonds. The smallest absolute Gasteiger partial charge is 0.252 e. The van der Waals surface area contributed by atoms with Crippen LogP contribution in [0.5, 0.6) is 0 Å². The number of hydrogen-bond acceptors (Lipinski definition) is 5. The first-order chi connectivity index (χ1) is 11.5. The summed E-state index contributed by atoms with van der Waals surface area (Å²) in [6.45, 7) is 7.64. The normalized spacial score (nSPS) is 13.9. The van der Waals surface area contributed by atoms with Crippen LogP contribution in [-0.4, -0.2) is 81.2 Å². The van der Waals surface area contributed by atoms with Crippen LogP contribution in [0, 0.1) is 0 Å². The summed E-state index contributed by atoms with van der Waals surface area (Å²) in [5.74, 6) is 0.581. The maximum atomic E-state index is 11.7. The number of thiol groups is 1. The lowest BCUT2D eigenvalue weighted by Crippen LogP contribution is -2.48. The fraction of sp³-hybridized carbons (Fsp3) is 0.941. The van der Waals surface area contributed by atoms with Crippen LogP contribution in [0.4, 0.5) is 0 Å². The summed E-state index contributed by atoms with van der Waals surface area (Å²) in [6.07, 6.45) is 5.50. The number of hydrogen-bond donors (Lipinski definition) is 3. The molecule has 0 saturated heterocycles. The van der Waals surface area contributed by atoms with E-state index in [2.05, 4.69) is 43.9 Å². The molecule has 144 valence electrons. The van der Waals surface area contributed by atoms with Gasteiger partial charge in [0.05, 0.1) is 7.05 Å². The fourth-order valence-corrected chi connectivity index (χ4v) is 2.61. The summed E-state index contributed by atoms with van der Waals surface area (Å²) in [7, 11) is 4.22. The van der Waals surface area contributed by atoms with Crippen molar-refractivity contribution in [3.63, 3.8) is 0 Å². The quantitative estimate of drug-likeness (QED) is 0.167. The predicted octanol–water partition coefficient (Wildman–Crippen LogP) is 1.27. The zero-order chi connectivity index (χ0) is 18.3. The summed E-state index contributed by atoms with van der Waals surface area (Å²) in [5, 5.41) is 2.80. The molecule has 0 fully saturated rings. The first kappa shape index (κ1) is 23.7. The topological polar surface area (TPSA) is 67.6 Å². The summed E-state index contributed by atoms with van der Waals surface area (Å²) in [5.41, 5.74) is 5.54. The number of nitrogens with two attached hydrogens (primary N) is 1. The van der Waals surface area contributed by atoms with Crippen molar-refractivity contribution < 1.29 is 14.3 Å². The first-order valence-electron chi connectivity index (χ1n) is 9.22. The highest BCUT2D eigenvalue weighted by atomic mass is 32.1. The van der Waals surface area contributed by atoms with E-state index in [1.54, 1.807) is 0 Å². The van der Waals surface area contributed by atoms with E-state index in [0.717, 1.165) is 64.8 Å². The molecule has 1 atom stereocenters. The molecule has 0 aliphatic carbocycles. The number of unbranched alkanes of at least 4 members (excludes halogenated alkanes) is 2. The zero-order valence-corrected chi connectivity index (χ0v) is 16.8. The van der Waals surface area contributed by atoms with Crippen molar-refractivity contribution in [2.24, 2.45) is 5.73 Å². The third-order valence-electron chi connectivity index (χ3n) is 4.09. The Morgan fingerprint density at radius 1 is 1.21 bits per heavy atom. The summed E-state index contributed by atoms with van der Waals surface area (Å²) >= 11 is 4.09. The van der Waals surface area contributed by atoms with Gasteiger partial charge in [-0.05, 0) is 45.9 Å². The van der Waals surface area contributed by atoms with Crippen LogP contribution in [0.15, 0.2) is 0 Å². The van der Waals surface area contributed by atoms with Gasteiger partial charge < -0.3 is 16.0 Å². The van der Waals surface area contributed by atoms with E-state index in [4.69, 9.17) is 10.6 Å². The van der Waals surface area contributed by atoms with Gasteiger partial charge in [0.25, 0.3) is 5.91 Å². The number of rotatable bonds is 16. The Morgan fingerprint density at radius 2 is 1.88 bits per heavy atom. The van der Waals surface area contributed by atoms with Crippen molar-refractivity contribution in [1.29, 1.82) is 0 Å². The Kier molecular flexibility index (Phi) is 14.7. The Balaban J connectivity index is 4.15. The van der Waals surface area contributed by atoms with Crippen LogP contribution in [0.25, 0.3) is 0 Å². The van der Waals surface area contributed by atoms with Gasteiger partial charge in [0.2, 0.25) is 0 Å². The molecule has 0 aliphatic heterocycles. The molecular weight excluding hydrogens is 324 g/mol. The van der Waals surface area contributed by atoms with Crippen molar-refractivity contribution in [1.82, 2.24) is 10.2 Å². The lowest BCUT2D eigenvalue weighted by molar-refractivity contribution is -1.09. The zero-order valence-electron chi connectivity index (χ0n) is 15.9. The average molecular weight is 364 g/mol. The molecule has 1 unspecified atom stereocenters. The van der Waals surface area contributed by atoms with E-state index >= 15 is 0 Å². The van der Waals surface area contributed by atoms with Crippen molar-refractivity contribution >= 4 is 18.5 Å². The largest absolute Gasteiger partial charge is 0.353 e. The van der Waals surface area contributed by atoms with Gasteiger partial charge in [0, 0.05) is 18.7 Å². The van der Waals surface area contributed by atoms with E-state index in [0.29, 0.717) is 16.9 Å². The molecule has 6 nitrogen and oxygen atoms in total. The molecule has 0 aromatic heterocycles. The lowest BCUT2D eigenvalue weighted by Gasteiger charge is -2.31. The third-order valence-corrected chi connectivity index (χ3v) is 4.31. The second-order valence-corrected chi connectivity index (χ2v) is 7.04. The number of amides is 1. The fourth-order valence-electron chi connectivity index (χ4n) is 2.50. The van der Waals surface area contributed by atoms with E-state index in [9.17, 15) is 4.79 Å². The maximum Gasteiger partial charge on any atom is 0.252 e. The highest BCUT2D eigenvalue weighted by Gasteiger charge is 2.24. The number of hydroxylamine groups is 3. The third kappa shape index (κ3) is 13.0. The van der Waals surface area contributed by atoms with Crippen molar-refractivity contribution in [2.75, 3.05) is 65.7 Å². The van der Waals surface area contributed by atoms with Gasteiger partial charge in [0.15, 0.2) is 6.61 Å². The van der Waals surface area contributed by atoms with Gasteiger partial charge in [-0.1, -0.05) is 13.3 Å². The molecule has 7 heteroatoms. The minimum Gasteiger partial charge on any atom is -0.353 e. The molecule has 24 heavy (non-hydrogen) atoms. The first-order valence-corrected chi connectivity index (χ1v) is 9.86. The highest BCUT2D eigenvalue weighted by molar-refractivity contribution is 7.80. The van der Waals surface area contributed by atoms with Gasteiger partial charge in [0.1, 0.15) is 13.1 Å². The van der Waals surface area contributed by atoms with Crippen molar-refractivity contribution in [2.45, 2.75) is 39.0 Å². The second kappa shape index (κ2) is 15.0. The molecule has 0 aromatic carbocycles. The van der Waals surface area contributed by atoms with Crippen LogP contribution >= 0.6 is 12.6 Å². The van der Waals surface area contributed by atoms with Gasteiger partial charge in [-0.2, -0.15) is 22.1 Å². The number of carbonyl (C=O) groups excluding carboxylic acids is 1. The molecule has 0 bridgehead atoms. The van der Waals surface area contributed by atoms with E-state index in [-0.39, 0.29) is 12.5 Å². The second-order valence-electron chi connectivity index (χ2n) is 6.60. The lowest BCUT2D eigenvalue weighted by atomic mass is 10.2. The monoisotopic (exact) mass is 363 g/mol. The summed E-state index contributed by atoms with van der Waals surface area (Å²) in [4.78, 5) is 20.0. The van der Waals surface area contributed by atoms with E-state index in [1.165, 1.54) is 0 Å². The van der Waals surface area contributed by atoms with Gasteiger partial charge in [-0.15, -0.1) is 0 Å². The Bertz CT molecular complexity index is 321. The predicted molar refractivity (Wildman–Crippen MR) is 104 cm³/mol. The number of nitrogens with zero attached hydrogens (tertiary/aromatic N) is 2. The van der Waals surface area contributed by atoms with Gasteiger partial charge >= 0.3 is 0 Å². The average Bonchev–Trinajstić information content (AvgIpc) is 2.58.